The molecule has 0 heterocycles. The fourth-order valence-corrected chi connectivity index (χ4v) is 3.75. The van der Waals surface area contributed by atoms with Crippen LogP contribution in [0.3, 0.4) is 0 Å². The molecule has 0 aromatic heterocycles. The van der Waals surface area contributed by atoms with Gasteiger partial charge in [-0.2, -0.15) is 0 Å². The summed E-state index contributed by atoms with van der Waals surface area (Å²) in [5.74, 6) is 0.328. The highest BCUT2D eigenvalue weighted by atomic mass is 16.1. The molecule has 0 aliphatic carbocycles. The molecule has 3 aromatic carbocycles. The van der Waals surface area contributed by atoms with Crippen molar-refractivity contribution in [3.8, 4) is 22.3 Å². The largest absolute Gasteiger partial charge is 0.366 e. The van der Waals surface area contributed by atoms with Crippen LogP contribution in [0.1, 0.15) is 61.0 Å². The topological polar surface area (TPSA) is 43.1 Å². The van der Waals surface area contributed by atoms with Crippen LogP contribution in [0.5, 0.6) is 0 Å². The summed E-state index contributed by atoms with van der Waals surface area (Å²) < 4.78 is 0. The Morgan fingerprint density at radius 2 is 1.15 bits per heavy atom. The maximum absolute atomic E-state index is 12.3. The zero-order valence-corrected chi connectivity index (χ0v) is 16.5. The van der Waals surface area contributed by atoms with Gasteiger partial charge in [-0.3, -0.25) is 4.79 Å². The summed E-state index contributed by atoms with van der Waals surface area (Å²) >= 11 is 0. The fourth-order valence-electron chi connectivity index (χ4n) is 3.75. The average molecular weight is 357 g/mol. The fraction of sp³-hybridized carbons (Fsp3) is 0.240. The van der Waals surface area contributed by atoms with Crippen LogP contribution in [0.2, 0.25) is 0 Å². The second-order valence-electron chi connectivity index (χ2n) is 7.58. The van der Waals surface area contributed by atoms with Gasteiger partial charge < -0.3 is 5.73 Å². The van der Waals surface area contributed by atoms with Crippen LogP contribution in [0.4, 0.5) is 0 Å². The van der Waals surface area contributed by atoms with Crippen LogP contribution < -0.4 is 5.73 Å². The highest BCUT2D eigenvalue weighted by Gasteiger charge is 2.20. The van der Waals surface area contributed by atoms with E-state index in [0.717, 1.165) is 22.3 Å². The third-order valence-electron chi connectivity index (χ3n) is 5.06. The van der Waals surface area contributed by atoms with Gasteiger partial charge in [0.05, 0.1) is 0 Å². The molecule has 0 saturated heterocycles. The first-order valence-corrected chi connectivity index (χ1v) is 9.53. The van der Waals surface area contributed by atoms with Crippen molar-refractivity contribution in [3.05, 3.63) is 83.4 Å². The molecule has 0 aliphatic heterocycles. The van der Waals surface area contributed by atoms with Crippen molar-refractivity contribution in [2.45, 2.75) is 39.5 Å². The van der Waals surface area contributed by atoms with Crippen molar-refractivity contribution in [2.75, 3.05) is 0 Å². The Bertz CT molecular complexity index is 970. The van der Waals surface area contributed by atoms with Crippen molar-refractivity contribution in [2.24, 2.45) is 5.73 Å². The molecule has 0 fully saturated rings. The Morgan fingerprint density at radius 3 is 1.70 bits per heavy atom. The van der Waals surface area contributed by atoms with Crippen LogP contribution in [-0.4, -0.2) is 5.91 Å². The number of rotatable bonds is 5. The third-order valence-corrected chi connectivity index (χ3v) is 5.06. The van der Waals surface area contributed by atoms with E-state index < -0.39 is 5.91 Å². The SMILES string of the molecule is CC(C)c1ccccc1-c1cccc(C(N)=O)c1-c1ccccc1C(C)C. The van der Waals surface area contributed by atoms with Gasteiger partial charge in [-0.15, -0.1) is 0 Å². The monoisotopic (exact) mass is 357 g/mol. The van der Waals surface area contributed by atoms with Gasteiger partial charge in [0, 0.05) is 11.1 Å². The summed E-state index contributed by atoms with van der Waals surface area (Å²) in [5, 5.41) is 0. The Labute approximate surface area is 162 Å². The molecule has 0 radical (unpaired) electrons. The number of nitrogens with two attached hydrogens (primary N) is 1. The van der Waals surface area contributed by atoms with Gasteiger partial charge in [-0.25, -0.2) is 0 Å². The molecular formula is C25H27NO. The first kappa shape index (κ1) is 18.9. The van der Waals surface area contributed by atoms with Crippen LogP contribution in [0.15, 0.2) is 66.7 Å². The molecule has 0 aliphatic rings. The summed E-state index contributed by atoms with van der Waals surface area (Å²) in [6, 6.07) is 22.6. The van der Waals surface area contributed by atoms with Crippen LogP contribution >= 0.6 is 0 Å². The van der Waals surface area contributed by atoms with Gasteiger partial charge in [0.15, 0.2) is 0 Å². The van der Waals surface area contributed by atoms with Gasteiger partial charge in [0.2, 0.25) is 5.91 Å². The maximum Gasteiger partial charge on any atom is 0.249 e. The van der Waals surface area contributed by atoms with Crippen LogP contribution in [-0.2, 0) is 0 Å². The lowest BCUT2D eigenvalue weighted by Crippen LogP contribution is -2.13. The highest BCUT2D eigenvalue weighted by molar-refractivity contribution is 6.04. The summed E-state index contributed by atoms with van der Waals surface area (Å²) in [6.07, 6.45) is 0. The van der Waals surface area contributed by atoms with Gasteiger partial charge in [-0.1, -0.05) is 88.4 Å². The van der Waals surface area contributed by atoms with Gasteiger partial charge >= 0.3 is 0 Å². The van der Waals surface area contributed by atoms with E-state index in [1.807, 2.05) is 24.3 Å². The van der Waals surface area contributed by atoms with Crippen molar-refractivity contribution < 1.29 is 4.79 Å². The number of hydrogen-bond acceptors (Lipinski definition) is 1. The van der Waals surface area contributed by atoms with E-state index in [9.17, 15) is 4.79 Å². The van der Waals surface area contributed by atoms with Gasteiger partial charge in [0.1, 0.15) is 0 Å². The lowest BCUT2D eigenvalue weighted by Gasteiger charge is -2.21. The molecule has 3 aromatic rings. The minimum Gasteiger partial charge on any atom is -0.366 e. The average Bonchev–Trinajstić information content (AvgIpc) is 2.67. The van der Waals surface area contributed by atoms with Crippen molar-refractivity contribution in [3.63, 3.8) is 0 Å². The molecule has 2 N–H and O–H groups in total. The van der Waals surface area contributed by atoms with Crippen molar-refractivity contribution >= 4 is 5.91 Å². The second kappa shape index (κ2) is 7.79. The number of carbonyl (C=O) groups is 1. The molecular weight excluding hydrogens is 330 g/mol. The van der Waals surface area contributed by atoms with Crippen LogP contribution in [0, 0.1) is 0 Å². The van der Waals surface area contributed by atoms with Gasteiger partial charge in [0.25, 0.3) is 0 Å². The van der Waals surface area contributed by atoms with E-state index >= 15 is 0 Å². The Hall–Kier alpha value is -2.87. The van der Waals surface area contributed by atoms with E-state index in [1.54, 1.807) is 0 Å². The highest BCUT2D eigenvalue weighted by Crippen LogP contribution is 2.41. The number of amides is 1. The molecule has 0 saturated carbocycles. The lowest BCUT2D eigenvalue weighted by molar-refractivity contribution is 0.100. The number of hydrogen-bond donors (Lipinski definition) is 1. The van der Waals surface area contributed by atoms with Crippen LogP contribution in [0.25, 0.3) is 22.3 Å². The van der Waals surface area contributed by atoms with E-state index in [0.29, 0.717) is 17.4 Å². The standard InChI is InChI=1S/C25H27NO/c1-16(2)18-10-5-7-12-20(18)22-14-9-15-23(25(26)27)24(22)21-13-8-6-11-19(21)17(3)4/h5-17H,1-4H3,(H2,26,27). The summed E-state index contributed by atoms with van der Waals surface area (Å²) in [4.78, 5) is 12.3. The van der Waals surface area contributed by atoms with E-state index in [1.165, 1.54) is 11.1 Å². The van der Waals surface area contributed by atoms with E-state index in [4.69, 9.17) is 5.73 Å². The van der Waals surface area contributed by atoms with Crippen molar-refractivity contribution in [1.82, 2.24) is 0 Å². The maximum atomic E-state index is 12.3. The predicted molar refractivity (Wildman–Crippen MR) is 114 cm³/mol. The van der Waals surface area contributed by atoms with E-state index in [-0.39, 0.29) is 0 Å². The molecule has 0 atom stereocenters. The predicted octanol–water partition coefficient (Wildman–Crippen LogP) is 6.37. The normalized spacial score (nSPS) is 11.2. The first-order chi connectivity index (χ1) is 12.9. The molecule has 27 heavy (non-hydrogen) atoms. The second-order valence-corrected chi connectivity index (χ2v) is 7.58. The zero-order valence-electron chi connectivity index (χ0n) is 16.5. The Balaban J connectivity index is 2.40. The van der Waals surface area contributed by atoms with Gasteiger partial charge in [-0.05, 0) is 45.7 Å². The minimum absolute atomic E-state index is 0.343. The number of primary amides is 1. The van der Waals surface area contributed by atoms with Crippen molar-refractivity contribution in [1.29, 1.82) is 0 Å². The molecule has 138 valence electrons. The zero-order chi connectivity index (χ0) is 19.6. The molecule has 0 unspecified atom stereocenters. The molecule has 0 spiro atoms. The molecule has 3 rings (SSSR count). The number of carbonyl (C=O) groups excluding carboxylic acids is 1. The van der Waals surface area contributed by atoms with E-state index in [2.05, 4.69) is 70.2 Å². The summed E-state index contributed by atoms with van der Waals surface area (Å²) in [7, 11) is 0. The smallest absolute Gasteiger partial charge is 0.249 e. The molecule has 2 heteroatoms. The quantitative estimate of drug-likeness (QED) is 0.567. The Kier molecular flexibility index (Phi) is 5.46. The Morgan fingerprint density at radius 1 is 0.667 bits per heavy atom. The number of benzene rings is 3. The summed E-state index contributed by atoms with van der Waals surface area (Å²) in [5.41, 5.74) is 13.1. The summed E-state index contributed by atoms with van der Waals surface area (Å²) in [6.45, 7) is 8.73. The molecule has 0 bridgehead atoms. The molecule has 2 nitrogen and oxygen atoms in total. The third kappa shape index (κ3) is 3.66. The lowest BCUT2D eigenvalue weighted by atomic mass is 9.83. The first-order valence-electron chi connectivity index (χ1n) is 9.53. The minimum atomic E-state index is -0.396. The molecule has 1 amide bonds.